The van der Waals surface area contributed by atoms with Crippen molar-refractivity contribution in [1.82, 2.24) is 9.78 Å². The van der Waals surface area contributed by atoms with Crippen LogP contribution in [0, 0.1) is 0 Å². The second-order valence-electron chi connectivity index (χ2n) is 4.20. The fraction of sp³-hybridized carbons (Fsp3) is 0.143. The smallest absolute Gasteiger partial charge is 0.434 e. The van der Waals surface area contributed by atoms with E-state index in [4.69, 9.17) is 0 Å². The van der Waals surface area contributed by atoms with E-state index >= 15 is 0 Å². The number of anilines is 1. The molecule has 0 saturated carbocycles. The van der Waals surface area contributed by atoms with Crippen molar-refractivity contribution in [3.05, 3.63) is 47.8 Å². The monoisotopic (exact) mass is 287 g/mol. The normalized spacial score (nSPS) is 10.0. The Balaban J connectivity index is 2.09. The van der Waals surface area contributed by atoms with Crippen molar-refractivity contribution < 1.29 is 19.1 Å². The number of carbonyl (C=O) groups is 3. The summed E-state index contributed by atoms with van der Waals surface area (Å²) in [6.07, 6.45) is 0.652. The van der Waals surface area contributed by atoms with E-state index in [9.17, 15) is 14.4 Å². The highest BCUT2D eigenvalue weighted by molar-refractivity contribution is 6.03. The van der Waals surface area contributed by atoms with Crippen LogP contribution in [0.15, 0.2) is 36.5 Å². The van der Waals surface area contributed by atoms with Gasteiger partial charge in [-0.3, -0.25) is 9.59 Å². The molecule has 2 rings (SSSR count). The van der Waals surface area contributed by atoms with Crippen LogP contribution in [0.4, 0.5) is 10.5 Å². The number of ether oxygens (including phenoxy) is 1. The molecule has 0 saturated heterocycles. The lowest BCUT2D eigenvalue weighted by atomic mass is 10.1. The Morgan fingerprint density at radius 3 is 2.38 bits per heavy atom. The van der Waals surface area contributed by atoms with Crippen molar-refractivity contribution in [2.75, 3.05) is 12.4 Å². The Morgan fingerprint density at radius 1 is 1.14 bits per heavy atom. The average Bonchev–Trinajstić information content (AvgIpc) is 2.97. The van der Waals surface area contributed by atoms with Gasteiger partial charge in [-0.1, -0.05) is 0 Å². The van der Waals surface area contributed by atoms with Gasteiger partial charge in [-0.2, -0.15) is 9.78 Å². The van der Waals surface area contributed by atoms with Gasteiger partial charge in [0.1, 0.15) is 0 Å². The minimum Gasteiger partial charge on any atom is -0.451 e. The largest absolute Gasteiger partial charge is 0.451 e. The molecule has 1 heterocycles. The summed E-state index contributed by atoms with van der Waals surface area (Å²) in [6, 6.07) is 7.87. The summed E-state index contributed by atoms with van der Waals surface area (Å²) in [6.45, 7) is 1.47. The lowest BCUT2D eigenvalue weighted by Gasteiger charge is -2.03. The fourth-order valence-corrected chi connectivity index (χ4v) is 1.62. The SMILES string of the molecule is COC(=O)n1ccc(C(=O)Nc2ccc(C(C)=O)cc2)n1. The van der Waals surface area contributed by atoms with Crippen LogP contribution in [-0.2, 0) is 4.74 Å². The lowest BCUT2D eigenvalue weighted by Crippen LogP contribution is -2.16. The number of Topliss-reactive ketones (excluding diaryl/α,β-unsaturated/α-hetero) is 1. The second-order valence-corrected chi connectivity index (χ2v) is 4.20. The molecule has 108 valence electrons. The molecule has 0 fully saturated rings. The van der Waals surface area contributed by atoms with Gasteiger partial charge in [0.15, 0.2) is 11.5 Å². The molecular formula is C14H13N3O4. The molecule has 1 amide bonds. The van der Waals surface area contributed by atoms with Crippen molar-refractivity contribution in [3.8, 4) is 0 Å². The molecule has 1 aromatic carbocycles. The van der Waals surface area contributed by atoms with Crippen LogP contribution in [-0.4, -0.2) is 34.7 Å². The zero-order valence-electron chi connectivity index (χ0n) is 11.5. The van der Waals surface area contributed by atoms with Crippen LogP contribution < -0.4 is 5.32 Å². The number of methoxy groups -OCH3 is 1. The van der Waals surface area contributed by atoms with Gasteiger partial charge in [0.2, 0.25) is 0 Å². The summed E-state index contributed by atoms with van der Waals surface area (Å²) < 4.78 is 5.41. The standard InChI is InChI=1S/C14H13N3O4/c1-9(18)10-3-5-11(6-4-10)15-13(19)12-7-8-17(16-12)14(20)21-2/h3-8H,1-2H3,(H,15,19). The van der Waals surface area contributed by atoms with E-state index in [1.807, 2.05) is 0 Å². The van der Waals surface area contributed by atoms with Gasteiger partial charge in [-0.15, -0.1) is 0 Å². The summed E-state index contributed by atoms with van der Waals surface area (Å²) in [5.41, 5.74) is 1.16. The molecule has 1 N–H and O–H groups in total. The van der Waals surface area contributed by atoms with Gasteiger partial charge in [-0.05, 0) is 37.3 Å². The molecule has 0 spiro atoms. The third kappa shape index (κ3) is 3.33. The fourth-order valence-electron chi connectivity index (χ4n) is 1.62. The van der Waals surface area contributed by atoms with Crippen molar-refractivity contribution in [1.29, 1.82) is 0 Å². The molecule has 7 nitrogen and oxygen atoms in total. The van der Waals surface area contributed by atoms with Crippen LogP contribution in [0.5, 0.6) is 0 Å². The molecule has 0 aliphatic carbocycles. The van der Waals surface area contributed by atoms with Crippen molar-refractivity contribution in [3.63, 3.8) is 0 Å². The number of hydrogen-bond donors (Lipinski definition) is 1. The number of rotatable bonds is 3. The number of aromatic nitrogens is 2. The Labute approximate surface area is 120 Å². The zero-order valence-corrected chi connectivity index (χ0v) is 11.5. The van der Waals surface area contributed by atoms with Gasteiger partial charge in [-0.25, -0.2) is 4.79 Å². The number of amides is 1. The maximum Gasteiger partial charge on any atom is 0.434 e. The Hall–Kier alpha value is -2.96. The summed E-state index contributed by atoms with van der Waals surface area (Å²) in [5, 5.41) is 6.42. The number of nitrogens with one attached hydrogen (secondary N) is 1. The van der Waals surface area contributed by atoms with Crippen LogP contribution in [0.3, 0.4) is 0 Å². The highest BCUT2D eigenvalue weighted by Gasteiger charge is 2.13. The molecule has 7 heteroatoms. The van der Waals surface area contributed by atoms with Crippen molar-refractivity contribution in [2.24, 2.45) is 0 Å². The number of ketones is 1. The maximum absolute atomic E-state index is 12.0. The molecule has 0 radical (unpaired) electrons. The third-order valence-corrected chi connectivity index (χ3v) is 2.73. The van der Waals surface area contributed by atoms with E-state index in [0.29, 0.717) is 11.3 Å². The second kappa shape index (κ2) is 6.00. The van der Waals surface area contributed by atoms with Crippen LogP contribution in [0.25, 0.3) is 0 Å². The van der Waals surface area contributed by atoms with E-state index in [0.717, 1.165) is 4.68 Å². The van der Waals surface area contributed by atoms with Gasteiger partial charge < -0.3 is 10.1 Å². The highest BCUT2D eigenvalue weighted by Crippen LogP contribution is 2.11. The quantitative estimate of drug-likeness (QED) is 0.871. The predicted molar refractivity (Wildman–Crippen MR) is 74.4 cm³/mol. The van der Waals surface area contributed by atoms with E-state index in [1.165, 1.54) is 26.3 Å². The molecule has 2 aromatic rings. The summed E-state index contributed by atoms with van der Waals surface area (Å²) in [4.78, 5) is 34.3. The molecule has 0 bridgehead atoms. The summed E-state index contributed by atoms with van der Waals surface area (Å²) in [5.74, 6) is -0.516. The molecule has 0 unspecified atom stereocenters. The van der Waals surface area contributed by atoms with E-state index in [2.05, 4.69) is 15.2 Å². The van der Waals surface area contributed by atoms with Gasteiger partial charge in [0.25, 0.3) is 5.91 Å². The minimum atomic E-state index is -0.681. The number of benzene rings is 1. The van der Waals surface area contributed by atoms with Crippen LogP contribution in [0.1, 0.15) is 27.8 Å². The van der Waals surface area contributed by atoms with E-state index in [1.54, 1.807) is 24.3 Å². The first-order chi connectivity index (χ1) is 10.0. The molecule has 0 atom stereocenters. The number of hydrogen-bond acceptors (Lipinski definition) is 5. The number of nitrogens with zero attached hydrogens (tertiary/aromatic N) is 2. The van der Waals surface area contributed by atoms with Gasteiger partial charge in [0.05, 0.1) is 7.11 Å². The van der Waals surface area contributed by atoms with Crippen molar-refractivity contribution >= 4 is 23.5 Å². The van der Waals surface area contributed by atoms with Gasteiger partial charge in [0, 0.05) is 17.4 Å². The molecule has 0 aliphatic rings. The third-order valence-electron chi connectivity index (χ3n) is 2.73. The first-order valence-electron chi connectivity index (χ1n) is 6.07. The maximum atomic E-state index is 12.0. The zero-order chi connectivity index (χ0) is 15.4. The van der Waals surface area contributed by atoms with Crippen molar-refractivity contribution in [2.45, 2.75) is 6.92 Å². The predicted octanol–water partition coefficient (Wildman–Crippen LogP) is 1.95. The van der Waals surface area contributed by atoms with Crippen LogP contribution in [0.2, 0.25) is 0 Å². The highest BCUT2D eigenvalue weighted by atomic mass is 16.5. The Morgan fingerprint density at radius 2 is 1.81 bits per heavy atom. The Bertz CT molecular complexity index is 688. The topological polar surface area (TPSA) is 90.3 Å². The van der Waals surface area contributed by atoms with Gasteiger partial charge >= 0.3 is 6.09 Å². The summed E-state index contributed by atoms with van der Waals surface area (Å²) >= 11 is 0. The first kappa shape index (κ1) is 14.4. The molecule has 0 aliphatic heterocycles. The van der Waals surface area contributed by atoms with E-state index < -0.39 is 12.0 Å². The summed E-state index contributed by atoms with van der Waals surface area (Å²) in [7, 11) is 1.22. The lowest BCUT2D eigenvalue weighted by molar-refractivity contribution is 0.101. The van der Waals surface area contributed by atoms with E-state index in [-0.39, 0.29) is 11.5 Å². The number of carbonyl (C=O) groups excluding carboxylic acids is 3. The molecule has 21 heavy (non-hydrogen) atoms. The van der Waals surface area contributed by atoms with Crippen LogP contribution >= 0.6 is 0 Å². The Kier molecular flexibility index (Phi) is 4.13. The average molecular weight is 287 g/mol. The molecular weight excluding hydrogens is 274 g/mol. The minimum absolute atomic E-state index is 0.0512. The first-order valence-corrected chi connectivity index (χ1v) is 6.07. The molecule has 1 aromatic heterocycles.